The van der Waals surface area contributed by atoms with E-state index in [1.54, 1.807) is 0 Å². The molecule has 110 valence electrons. The van der Waals surface area contributed by atoms with Crippen LogP contribution in [-0.4, -0.2) is 27.7 Å². The number of nitrogens with zero attached hydrogens (tertiary/aromatic N) is 2. The van der Waals surface area contributed by atoms with Gasteiger partial charge in [0.1, 0.15) is 17.5 Å². The Morgan fingerprint density at radius 3 is 2.60 bits per heavy atom. The van der Waals surface area contributed by atoms with Crippen molar-refractivity contribution in [2.75, 3.05) is 17.3 Å². The fourth-order valence-corrected chi connectivity index (χ4v) is 2.96. The van der Waals surface area contributed by atoms with Gasteiger partial charge in [-0.2, -0.15) is 0 Å². The fraction of sp³-hybridized carbons (Fsp3) is 0.714. The first-order chi connectivity index (χ1) is 9.72. The molecule has 0 aliphatic heterocycles. The van der Waals surface area contributed by atoms with Crippen LogP contribution >= 0.6 is 0 Å². The van der Waals surface area contributed by atoms with Crippen molar-refractivity contribution in [3.05, 3.63) is 11.4 Å². The van der Waals surface area contributed by atoms with Crippen molar-refractivity contribution >= 4 is 11.6 Å². The molecule has 1 aromatic heterocycles. The minimum atomic E-state index is 0.235. The van der Waals surface area contributed by atoms with Crippen molar-refractivity contribution in [1.29, 1.82) is 0 Å². The van der Waals surface area contributed by atoms with Crippen LogP contribution in [0.4, 0.5) is 11.6 Å². The van der Waals surface area contributed by atoms with E-state index in [0.29, 0.717) is 23.7 Å². The standard InChI is InChI=1S/C14H23N5O/c1-8-12(16-11-4-2-3-10(11)7-20)17-14(9-5-6-9)18-13(8)19-15/h9-11,20H,2-7,15H2,1H3,(H2,16,17,18,19). The maximum Gasteiger partial charge on any atom is 0.148 e. The van der Waals surface area contributed by atoms with E-state index in [-0.39, 0.29) is 6.61 Å². The van der Waals surface area contributed by atoms with Gasteiger partial charge in [-0.15, -0.1) is 0 Å². The van der Waals surface area contributed by atoms with Gasteiger partial charge in [0.15, 0.2) is 0 Å². The van der Waals surface area contributed by atoms with Crippen molar-refractivity contribution in [3.8, 4) is 0 Å². The molecular weight excluding hydrogens is 254 g/mol. The second kappa shape index (κ2) is 5.54. The molecule has 0 bridgehead atoms. The summed E-state index contributed by atoms with van der Waals surface area (Å²) in [5.74, 6) is 8.81. The first kappa shape index (κ1) is 13.6. The van der Waals surface area contributed by atoms with Gasteiger partial charge in [-0.1, -0.05) is 6.42 Å². The lowest BCUT2D eigenvalue weighted by atomic mass is 10.0. The van der Waals surface area contributed by atoms with Crippen LogP contribution < -0.4 is 16.6 Å². The Hall–Kier alpha value is -1.40. The van der Waals surface area contributed by atoms with E-state index in [4.69, 9.17) is 5.84 Å². The summed E-state index contributed by atoms with van der Waals surface area (Å²) in [5, 5.41) is 12.9. The van der Waals surface area contributed by atoms with Crippen LogP contribution in [-0.2, 0) is 0 Å². The molecule has 0 amide bonds. The molecule has 2 aliphatic carbocycles. The van der Waals surface area contributed by atoms with Crippen molar-refractivity contribution in [2.45, 2.75) is 51.0 Å². The third-order valence-electron chi connectivity index (χ3n) is 4.46. The molecule has 1 heterocycles. The van der Waals surface area contributed by atoms with E-state index >= 15 is 0 Å². The molecule has 0 aromatic carbocycles. The average Bonchev–Trinajstić information content (AvgIpc) is 3.21. The molecule has 1 aromatic rings. The molecule has 2 fully saturated rings. The Balaban J connectivity index is 1.85. The highest BCUT2D eigenvalue weighted by atomic mass is 16.3. The third kappa shape index (κ3) is 2.58. The van der Waals surface area contributed by atoms with Gasteiger partial charge < -0.3 is 15.8 Å². The number of nitrogens with one attached hydrogen (secondary N) is 2. The minimum Gasteiger partial charge on any atom is -0.396 e. The third-order valence-corrected chi connectivity index (χ3v) is 4.46. The topological polar surface area (TPSA) is 96.1 Å². The highest BCUT2D eigenvalue weighted by Crippen LogP contribution is 2.40. The molecule has 5 N–H and O–H groups in total. The highest BCUT2D eigenvalue weighted by molar-refractivity contribution is 5.57. The largest absolute Gasteiger partial charge is 0.396 e. The summed E-state index contributed by atoms with van der Waals surface area (Å²) in [4.78, 5) is 9.17. The molecule has 2 unspecified atom stereocenters. The van der Waals surface area contributed by atoms with Crippen LogP contribution in [0.1, 0.15) is 49.4 Å². The lowest BCUT2D eigenvalue weighted by Crippen LogP contribution is -2.28. The Morgan fingerprint density at radius 2 is 1.95 bits per heavy atom. The van der Waals surface area contributed by atoms with Crippen LogP contribution in [0.15, 0.2) is 0 Å². The smallest absolute Gasteiger partial charge is 0.148 e. The van der Waals surface area contributed by atoms with E-state index in [1.807, 2.05) is 6.92 Å². The van der Waals surface area contributed by atoms with Crippen LogP contribution in [0.3, 0.4) is 0 Å². The lowest BCUT2D eigenvalue weighted by Gasteiger charge is -2.22. The molecule has 2 saturated carbocycles. The van der Waals surface area contributed by atoms with E-state index in [1.165, 1.54) is 0 Å². The molecular formula is C14H23N5O. The van der Waals surface area contributed by atoms with Crippen molar-refractivity contribution < 1.29 is 5.11 Å². The van der Waals surface area contributed by atoms with E-state index in [2.05, 4.69) is 20.7 Å². The molecule has 2 aliphatic rings. The van der Waals surface area contributed by atoms with Gasteiger partial charge in [0, 0.05) is 30.0 Å². The van der Waals surface area contributed by atoms with Crippen molar-refractivity contribution in [1.82, 2.24) is 9.97 Å². The normalized spacial score (nSPS) is 25.8. The number of hydrogen-bond donors (Lipinski definition) is 4. The zero-order valence-corrected chi connectivity index (χ0v) is 11.9. The van der Waals surface area contributed by atoms with Crippen LogP contribution in [0, 0.1) is 12.8 Å². The summed E-state index contributed by atoms with van der Waals surface area (Å²) < 4.78 is 0. The number of hydrazine groups is 1. The van der Waals surface area contributed by atoms with Gasteiger partial charge in [-0.25, -0.2) is 15.8 Å². The molecule has 0 saturated heterocycles. The van der Waals surface area contributed by atoms with Crippen LogP contribution in [0.25, 0.3) is 0 Å². The summed E-state index contributed by atoms with van der Waals surface area (Å²) in [6.45, 7) is 2.20. The van der Waals surface area contributed by atoms with Gasteiger partial charge in [-0.05, 0) is 32.6 Å². The quantitative estimate of drug-likeness (QED) is 0.481. The fourth-order valence-electron chi connectivity index (χ4n) is 2.96. The van der Waals surface area contributed by atoms with Crippen LogP contribution in [0.5, 0.6) is 0 Å². The number of rotatable bonds is 5. The molecule has 0 radical (unpaired) electrons. The Kier molecular flexibility index (Phi) is 3.76. The first-order valence-electron chi connectivity index (χ1n) is 7.45. The molecule has 0 spiro atoms. The van der Waals surface area contributed by atoms with Gasteiger partial charge in [0.05, 0.1) is 0 Å². The average molecular weight is 277 g/mol. The van der Waals surface area contributed by atoms with Crippen LogP contribution in [0.2, 0.25) is 0 Å². The van der Waals surface area contributed by atoms with Gasteiger partial charge in [-0.3, -0.25) is 0 Å². The van der Waals surface area contributed by atoms with Gasteiger partial charge in [0.2, 0.25) is 0 Å². The molecule has 2 atom stereocenters. The predicted molar refractivity (Wildman–Crippen MR) is 78.4 cm³/mol. The van der Waals surface area contributed by atoms with Crippen molar-refractivity contribution in [3.63, 3.8) is 0 Å². The second-order valence-corrected chi connectivity index (χ2v) is 5.95. The summed E-state index contributed by atoms with van der Waals surface area (Å²) in [5.41, 5.74) is 3.61. The number of nitrogen functional groups attached to an aromatic ring is 1. The van der Waals surface area contributed by atoms with E-state index in [9.17, 15) is 5.11 Å². The van der Waals surface area contributed by atoms with E-state index in [0.717, 1.165) is 49.3 Å². The summed E-state index contributed by atoms with van der Waals surface area (Å²) in [6.07, 6.45) is 5.64. The van der Waals surface area contributed by atoms with Gasteiger partial charge in [0.25, 0.3) is 0 Å². The summed E-state index contributed by atoms with van der Waals surface area (Å²) in [7, 11) is 0. The molecule has 6 nitrogen and oxygen atoms in total. The zero-order chi connectivity index (χ0) is 14.1. The second-order valence-electron chi connectivity index (χ2n) is 5.95. The SMILES string of the molecule is Cc1c(NN)nc(C2CC2)nc1NC1CCCC1CO. The van der Waals surface area contributed by atoms with E-state index < -0.39 is 0 Å². The zero-order valence-electron chi connectivity index (χ0n) is 11.9. The number of aromatic nitrogens is 2. The predicted octanol–water partition coefficient (Wildman–Crippen LogP) is 1.52. The maximum atomic E-state index is 9.43. The maximum absolute atomic E-state index is 9.43. The minimum absolute atomic E-state index is 0.235. The molecule has 3 rings (SSSR count). The summed E-state index contributed by atoms with van der Waals surface area (Å²) >= 11 is 0. The number of anilines is 2. The number of nitrogens with two attached hydrogens (primary N) is 1. The number of aliphatic hydroxyl groups is 1. The Labute approximate surface area is 119 Å². The lowest BCUT2D eigenvalue weighted by molar-refractivity contribution is 0.222. The highest BCUT2D eigenvalue weighted by Gasteiger charge is 2.30. The molecule has 20 heavy (non-hydrogen) atoms. The van der Waals surface area contributed by atoms with Crippen molar-refractivity contribution in [2.24, 2.45) is 11.8 Å². The summed E-state index contributed by atoms with van der Waals surface area (Å²) in [6, 6.07) is 0.297. The Bertz CT molecular complexity index is 489. The number of aliphatic hydroxyl groups excluding tert-OH is 1. The Morgan fingerprint density at radius 1 is 1.20 bits per heavy atom. The number of hydrogen-bond acceptors (Lipinski definition) is 6. The first-order valence-corrected chi connectivity index (χ1v) is 7.45. The monoisotopic (exact) mass is 277 g/mol. The van der Waals surface area contributed by atoms with Gasteiger partial charge >= 0.3 is 0 Å². The molecule has 6 heteroatoms.